The molecule has 0 aliphatic carbocycles. The summed E-state index contributed by atoms with van der Waals surface area (Å²) in [7, 11) is 2.07. The van der Waals surface area contributed by atoms with Crippen molar-refractivity contribution >= 4 is 0 Å². The standard InChI is InChI=1S/C17H19NO2/c1-4-10-19-16-8-5-7-15(12-16)13-18(3)14(2)17-9-6-11-20-17/h1,5-9,11-12,14H,10,13H2,2-3H3. The minimum atomic E-state index is 0.222. The summed E-state index contributed by atoms with van der Waals surface area (Å²) in [5.41, 5.74) is 1.18. The third kappa shape index (κ3) is 3.66. The maximum Gasteiger partial charge on any atom is 0.148 e. The Labute approximate surface area is 120 Å². The molecule has 0 aliphatic heterocycles. The highest BCUT2D eigenvalue weighted by atomic mass is 16.5. The molecule has 1 aromatic carbocycles. The Morgan fingerprint density at radius 1 is 1.35 bits per heavy atom. The summed E-state index contributed by atoms with van der Waals surface area (Å²) in [5.74, 6) is 4.24. The second-order valence-electron chi connectivity index (χ2n) is 4.75. The number of ether oxygens (including phenoxy) is 1. The van der Waals surface area contributed by atoms with E-state index in [1.165, 1.54) is 5.56 Å². The Hall–Kier alpha value is -2.18. The molecule has 3 heteroatoms. The van der Waals surface area contributed by atoms with Gasteiger partial charge < -0.3 is 9.15 Å². The first-order valence-corrected chi connectivity index (χ1v) is 6.59. The summed E-state index contributed by atoms with van der Waals surface area (Å²) < 4.78 is 10.9. The maximum absolute atomic E-state index is 5.44. The van der Waals surface area contributed by atoms with Gasteiger partial charge in [0.2, 0.25) is 0 Å². The Morgan fingerprint density at radius 2 is 2.20 bits per heavy atom. The molecule has 20 heavy (non-hydrogen) atoms. The van der Waals surface area contributed by atoms with E-state index in [4.69, 9.17) is 15.6 Å². The molecule has 2 rings (SSSR count). The Kier molecular flexibility index (Phi) is 4.86. The summed E-state index contributed by atoms with van der Waals surface area (Å²) in [5, 5.41) is 0. The first-order chi connectivity index (χ1) is 9.70. The van der Waals surface area contributed by atoms with E-state index >= 15 is 0 Å². The lowest BCUT2D eigenvalue weighted by atomic mass is 10.1. The number of nitrogens with zero attached hydrogens (tertiary/aromatic N) is 1. The van der Waals surface area contributed by atoms with Crippen molar-refractivity contribution in [3.8, 4) is 18.1 Å². The van der Waals surface area contributed by atoms with Crippen LogP contribution in [-0.2, 0) is 6.54 Å². The Balaban J connectivity index is 2.00. The zero-order valence-corrected chi connectivity index (χ0v) is 11.9. The molecule has 0 N–H and O–H groups in total. The van der Waals surface area contributed by atoms with Crippen LogP contribution in [0.4, 0.5) is 0 Å². The van der Waals surface area contributed by atoms with E-state index in [9.17, 15) is 0 Å². The van der Waals surface area contributed by atoms with Gasteiger partial charge in [0.05, 0.1) is 12.3 Å². The number of terminal acetylenes is 1. The minimum absolute atomic E-state index is 0.222. The van der Waals surface area contributed by atoms with Crippen LogP contribution in [0.2, 0.25) is 0 Å². The molecule has 104 valence electrons. The monoisotopic (exact) mass is 269 g/mol. The van der Waals surface area contributed by atoms with Crippen molar-refractivity contribution in [2.75, 3.05) is 13.7 Å². The van der Waals surface area contributed by atoms with Crippen molar-refractivity contribution in [2.45, 2.75) is 19.5 Å². The lowest BCUT2D eigenvalue weighted by molar-refractivity contribution is 0.223. The molecule has 0 saturated carbocycles. The molecule has 0 radical (unpaired) electrons. The molecular weight excluding hydrogens is 250 g/mol. The number of hydrogen-bond donors (Lipinski definition) is 0. The largest absolute Gasteiger partial charge is 0.481 e. The number of benzene rings is 1. The second-order valence-corrected chi connectivity index (χ2v) is 4.75. The van der Waals surface area contributed by atoms with Crippen molar-refractivity contribution < 1.29 is 9.15 Å². The summed E-state index contributed by atoms with van der Waals surface area (Å²) in [6, 6.07) is 12.1. The van der Waals surface area contributed by atoms with E-state index in [0.717, 1.165) is 18.1 Å². The van der Waals surface area contributed by atoms with Gasteiger partial charge in [-0.15, -0.1) is 6.42 Å². The van der Waals surface area contributed by atoms with Crippen molar-refractivity contribution in [1.82, 2.24) is 4.90 Å². The Bertz CT molecular complexity index is 569. The highest BCUT2D eigenvalue weighted by Gasteiger charge is 2.14. The molecule has 3 nitrogen and oxygen atoms in total. The van der Waals surface area contributed by atoms with E-state index in [-0.39, 0.29) is 6.04 Å². The van der Waals surface area contributed by atoms with Crippen LogP contribution in [0.5, 0.6) is 5.75 Å². The summed E-state index contributed by atoms with van der Waals surface area (Å²) in [6.45, 7) is 3.23. The average Bonchev–Trinajstić information content (AvgIpc) is 2.98. The third-order valence-corrected chi connectivity index (χ3v) is 3.27. The van der Waals surface area contributed by atoms with Crippen LogP contribution in [0.25, 0.3) is 0 Å². The van der Waals surface area contributed by atoms with Crippen molar-refractivity contribution in [1.29, 1.82) is 0 Å². The van der Waals surface area contributed by atoms with Crippen LogP contribution in [0.3, 0.4) is 0 Å². The van der Waals surface area contributed by atoms with Crippen molar-refractivity contribution in [3.05, 3.63) is 54.0 Å². The van der Waals surface area contributed by atoms with Gasteiger partial charge >= 0.3 is 0 Å². The van der Waals surface area contributed by atoms with Crippen molar-refractivity contribution in [2.24, 2.45) is 0 Å². The van der Waals surface area contributed by atoms with Gasteiger partial charge in [0.1, 0.15) is 18.1 Å². The molecule has 2 aromatic rings. The predicted molar refractivity (Wildman–Crippen MR) is 79.4 cm³/mol. The van der Waals surface area contributed by atoms with Gasteiger partial charge in [0, 0.05) is 6.54 Å². The molecule has 0 fully saturated rings. The van der Waals surface area contributed by atoms with Crippen LogP contribution < -0.4 is 4.74 Å². The lowest BCUT2D eigenvalue weighted by Crippen LogP contribution is -2.21. The SMILES string of the molecule is C#CCOc1cccc(CN(C)C(C)c2ccco2)c1. The number of furan rings is 1. The molecule has 1 atom stereocenters. The highest BCUT2D eigenvalue weighted by molar-refractivity contribution is 5.29. The topological polar surface area (TPSA) is 25.6 Å². The predicted octanol–water partition coefficient (Wildman–Crippen LogP) is 3.48. The number of hydrogen-bond acceptors (Lipinski definition) is 3. The smallest absolute Gasteiger partial charge is 0.148 e. The fourth-order valence-corrected chi connectivity index (χ4v) is 2.03. The van der Waals surface area contributed by atoms with Gasteiger partial charge in [-0.3, -0.25) is 4.90 Å². The van der Waals surface area contributed by atoms with E-state index < -0.39 is 0 Å². The summed E-state index contributed by atoms with van der Waals surface area (Å²) in [4.78, 5) is 2.22. The first kappa shape index (κ1) is 14.2. The fraction of sp³-hybridized carbons (Fsp3) is 0.294. The molecule has 0 bridgehead atoms. The number of rotatable bonds is 6. The molecule has 1 aromatic heterocycles. The van der Waals surface area contributed by atoms with Crippen molar-refractivity contribution in [3.63, 3.8) is 0 Å². The van der Waals surface area contributed by atoms with Gasteiger partial charge in [-0.2, -0.15) is 0 Å². The second kappa shape index (κ2) is 6.83. The van der Waals surface area contributed by atoms with E-state index in [2.05, 4.69) is 30.9 Å². The molecule has 0 saturated heterocycles. The molecular formula is C17H19NO2. The first-order valence-electron chi connectivity index (χ1n) is 6.59. The zero-order chi connectivity index (χ0) is 14.4. The van der Waals surface area contributed by atoms with E-state index in [1.807, 2.05) is 30.3 Å². The highest BCUT2D eigenvalue weighted by Crippen LogP contribution is 2.22. The average molecular weight is 269 g/mol. The lowest BCUT2D eigenvalue weighted by Gasteiger charge is -2.23. The molecule has 0 spiro atoms. The molecule has 0 amide bonds. The zero-order valence-electron chi connectivity index (χ0n) is 11.9. The molecule has 1 heterocycles. The third-order valence-electron chi connectivity index (χ3n) is 3.27. The normalized spacial score (nSPS) is 12.1. The summed E-state index contributed by atoms with van der Waals surface area (Å²) >= 11 is 0. The Morgan fingerprint density at radius 3 is 2.90 bits per heavy atom. The van der Waals surface area contributed by atoms with Crippen LogP contribution in [0.1, 0.15) is 24.3 Å². The van der Waals surface area contributed by atoms with Gasteiger partial charge in [-0.1, -0.05) is 18.1 Å². The van der Waals surface area contributed by atoms with Gasteiger partial charge in [-0.05, 0) is 43.8 Å². The van der Waals surface area contributed by atoms with Crippen LogP contribution in [-0.4, -0.2) is 18.6 Å². The van der Waals surface area contributed by atoms with Gasteiger partial charge in [-0.25, -0.2) is 0 Å². The fourth-order valence-electron chi connectivity index (χ4n) is 2.03. The van der Waals surface area contributed by atoms with Crippen LogP contribution in [0.15, 0.2) is 47.1 Å². The molecule has 1 unspecified atom stereocenters. The molecule has 0 aliphatic rings. The van der Waals surface area contributed by atoms with Gasteiger partial charge in [0.25, 0.3) is 0 Å². The van der Waals surface area contributed by atoms with E-state index in [0.29, 0.717) is 6.61 Å². The van der Waals surface area contributed by atoms with E-state index in [1.54, 1.807) is 6.26 Å². The summed E-state index contributed by atoms with van der Waals surface area (Å²) in [6.07, 6.45) is 6.90. The minimum Gasteiger partial charge on any atom is -0.481 e. The van der Waals surface area contributed by atoms with Gasteiger partial charge in [0.15, 0.2) is 0 Å². The van der Waals surface area contributed by atoms with Crippen LogP contribution in [0, 0.1) is 12.3 Å². The quantitative estimate of drug-likeness (QED) is 0.751. The van der Waals surface area contributed by atoms with Crippen LogP contribution >= 0.6 is 0 Å². The maximum atomic E-state index is 5.44.